The molecule has 0 saturated carbocycles. The fourth-order valence-electron chi connectivity index (χ4n) is 2.73. The molecule has 0 aromatic heterocycles. The van der Waals surface area contributed by atoms with Crippen molar-refractivity contribution in [3.05, 3.63) is 64.7 Å². The number of benzene rings is 2. The molecule has 6 heteroatoms. The fourth-order valence-corrected chi connectivity index (χ4v) is 2.86. The smallest absolute Gasteiger partial charge is 0.221 e. The number of hydrogen-bond acceptors (Lipinski definition) is 3. The van der Waals surface area contributed by atoms with Gasteiger partial charge in [0.2, 0.25) is 11.8 Å². The van der Waals surface area contributed by atoms with E-state index in [0.717, 1.165) is 16.9 Å². The second-order valence-corrected chi connectivity index (χ2v) is 6.67. The van der Waals surface area contributed by atoms with Crippen molar-refractivity contribution in [2.24, 2.45) is 0 Å². The van der Waals surface area contributed by atoms with Crippen LogP contribution in [0.2, 0.25) is 5.02 Å². The van der Waals surface area contributed by atoms with E-state index in [1.54, 1.807) is 24.1 Å². The van der Waals surface area contributed by atoms with Gasteiger partial charge in [-0.15, -0.1) is 0 Å². The highest BCUT2D eigenvalue weighted by atomic mass is 35.5. The van der Waals surface area contributed by atoms with Crippen LogP contribution in [0.3, 0.4) is 0 Å². The third-order valence-electron chi connectivity index (χ3n) is 4.25. The molecule has 0 aliphatic heterocycles. The largest absolute Gasteiger partial charge is 0.496 e. The van der Waals surface area contributed by atoms with E-state index in [0.29, 0.717) is 31.1 Å². The highest BCUT2D eigenvalue weighted by Crippen LogP contribution is 2.17. The minimum Gasteiger partial charge on any atom is -0.496 e. The monoisotopic (exact) mass is 388 g/mol. The molecule has 0 unspecified atom stereocenters. The lowest BCUT2D eigenvalue weighted by atomic mass is 10.1. The van der Waals surface area contributed by atoms with Crippen LogP contribution in [-0.2, 0) is 22.6 Å². The van der Waals surface area contributed by atoms with E-state index in [1.807, 2.05) is 36.4 Å². The van der Waals surface area contributed by atoms with Gasteiger partial charge in [-0.1, -0.05) is 41.9 Å². The standard InChI is InChI=1S/C21H25ClN2O3/c1-16(25)24(15-17-7-9-19(22)10-8-17)14-12-21(26)23-13-11-18-5-3-4-6-20(18)27-2/h3-10H,11-15H2,1-2H3,(H,23,26). The summed E-state index contributed by atoms with van der Waals surface area (Å²) in [6, 6.07) is 15.1. The number of rotatable bonds is 9. The summed E-state index contributed by atoms with van der Waals surface area (Å²) < 4.78 is 5.31. The van der Waals surface area contributed by atoms with Gasteiger partial charge in [-0.25, -0.2) is 0 Å². The fraction of sp³-hybridized carbons (Fsp3) is 0.333. The molecule has 27 heavy (non-hydrogen) atoms. The number of methoxy groups -OCH3 is 1. The van der Waals surface area contributed by atoms with E-state index in [2.05, 4.69) is 5.32 Å². The van der Waals surface area contributed by atoms with Gasteiger partial charge in [0, 0.05) is 38.0 Å². The number of nitrogens with one attached hydrogen (secondary N) is 1. The van der Waals surface area contributed by atoms with Crippen molar-refractivity contribution in [3.63, 3.8) is 0 Å². The first-order chi connectivity index (χ1) is 13.0. The Balaban J connectivity index is 1.78. The van der Waals surface area contributed by atoms with Gasteiger partial charge in [-0.05, 0) is 35.7 Å². The normalized spacial score (nSPS) is 10.3. The molecule has 2 aromatic carbocycles. The first-order valence-corrected chi connectivity index (χ1v) is 9.26. The molecule has 0 heterocycles. The molecule has 0 atom stereocenters. The molecule has 0 radical (unpaired) electrons. The average Bonchev–Trinajstić information content (AvgIpc) is 2.66. The van der Waals surface area contributed by atoms with Crippen LogP contribution in [0.1, 0.15) is 24.5 Å². The van der Waals surface area contributed by atoms with Crippen LogP contribution in [0.5, 0.6) is 5.75 Å². The van der Waals surface area contributed by atoms with Crippen LogP contribution in [0, 0.1) is 0 Å². The molecule has 0 saturated heterocycles. The average molecular weight is 389 g/mol. The molecule has 0 spiro atoms. The molecular weight excluding hydrogens is 364 g/mol. The quantitative estimate of drug-likeness (QED) is 0.715. The third-order valence-corrected chi connectivity index (χ3v) is 4.50. The number of ether oxygens (including phenoxy) is 1. The number of carbonyl (C=O) groups is 2. The molecule has 0 fully saturated rings. The van der Waals surface area contributed by atoms with Gasteiger partial charge in [-0.2, -0.15) is 0 Å². The first kappa shape index (κ1) is 20.8. The number of para-hydroxylation sites is 1. The van der Waals surface area contributed by atoms with Crippen molar-refractivity contribution in [1.82, 2.24) is 10.2 Å². The van der Waals surface area contributed by atoms with Crippen molar-refractivity contribution in [1.29, 1.82) is 0 Å². The lowest BCUT2D eigenvalue weighted by Gasteiger charge is -2.21. The Morgan fingerprint density at radius 3 is 2.48 bits per heavy atom. The Morgan fingerprint density at radius 1 is 1.11 bits per heavy atom. The Hall–Kier alpha value is -2.53. The predicted octanol–water partition coefficient (Wildman–Crippen LogP) is 3.45. The third kappa shape index (κ3) is 6.94. The number of nitrogens with zero attached hydrogens (tertiary/aromatic N) is 1. The van der Waals surface area contributed by atoms with E-state index in [4.69, 9.17) is 16.3 Å². The van der Waals surface area contributed by atoms with Crippen LogP contribution >= 0.6 is 11.6 Å². The molecule has 2 rings (SSSR count). The number of halogens is 1. The lowest BCUT2D eigenvalue weighted by Crippen LogP contribution is -2.34. The zero-order chi connectivity index (χ0) is 19.6. The summed E-state index contributed by atoms with van der Waals surface area (Å²) in [5, 5.41) is 3.55. The second kappa shape index (κ2) is 10.6. The van der Waals surface area contributed by atoms with Crippen molar-refractivity contribution >= 4 is 23.4 Å². The number of amides is 2. The minimum atomic E-state index is -0.0766. The molecule has 0 bridgehead atoms. The van der Waals surface area contributed by atoms with E-state index >= 15 is 0 Å². The highest BCUT2D eigenvalue weighted by Gasteiger charge is 2.12. The zero-order valence-corrected chi connectivity index (χ0v) is 16.5. The molecule has 0 aliphatic rings. The van der Waals surface area contributed by atoms with Crippen LogP contribution in [0.25, 0.3) is 0 Å². The topological polar surface area (TPSA) is 58.6 Å². The Kier molecular flexibility index (Phi) is 8.14. The highest BCUT2D eigenvalue weighted by molar-refractivity contribution is 6.30. The summed E-state index contributed by atoms with van der Waals surface area (Å²) in [5.41, 5.74) is 2.03. The molecule has 2 amide bonds. The van der Waals surface area contributed by atoms with Crippen molar-refractivity contribution in [2.45, 2.75) is 26.3 Å². The van der Waals surface area contributed by atoms with Crippen molar-refractivity contribution in [3.8, 4) is 5.75 Å². The summed E-state index contributed by atoms with van der Waals surface area (Å²) in [5.74, 6) is 0.677. The molecule has 144 valence electrons. The first-order valence-electron chi connectivity index (χ1n) is 8.88. The zero-order valence-electron chi connectivity index (χ0n) is 15.7. The number of hydrogen-bond donors (Lipinski definition) is 1. The van der Waals surface area contributed by atoms with E-state index in [-0.39, 0.29) is 18.2 Å². The maximum absolute atomic E-state index is 12.1. The molecule has 5 nitrogen and oxygen atoms in total. The molecular formula is C21H25ClN2O3. The summed E-state index contributed by atoms with van der Waals surface area (Å²) >= 11 is 5.88. The van der Waals surface area contributed by atoms with Crippen LogP contribution < -0.4 is 10.1 Å². The number of carbonyl (C=O) groups excluding carboxylic acids is 2. The van der Waals surface area contributed by atoms with Crippen molar-refractivity contribution in [2.75, 3.05) is 20.2 Å². The van der Waals surface area contributed by atoms with Gasteiger partial charge < -0.3 is 15.0 Å². The summed E-state index contributed by atoms with van der Waals surface area (Å²) in [7, 11) is 1.63. The van der Waals surface area contributed by atoms with Crippen LogP contribution in [0.4, 0.5) is 0 Å². The minimum absolute atomic E-state index is 0.0632. The summed E-state index contributed by atoms with van der Waals surface area (Å²) in [6.45, 7) is 2.87. The molecule has 2 aromatic rings. The van der Waals surface area contributed by atoms with Crippen molar-refractivity contribution < 1.29 is 14.3 Å². The lowest BCUT2D eigenvalue weighted by molar-refractivity contribution is -0.130. The van der Waals surface area contributed by atoms with Gasteiger partial charge in [-0.3, -0.25) is 9.59 Å². The van der Waals surface area contributed by atoms with Gasteiger partial charge in [0.15, 0.2) is 0 Å². The van der Waals surface area contributed by atoms with Gasteiger partial charge in [0.25, 0.3) is 0 Å². The van der Waals surface area contributed by atoms with E-state index < -0.39 is 0 Å². The summed E-state index contributed by atoms with van der Waals surface area (Å²) in [4.78, 5) is 25.6. The SMILES string of the molecule is COc1ccccc1CCNC(=O)CCN(Cc1ccc(Cl)cc1)C(C)=O. The maximum Gasteiger partial charge on any atom is 0.221 e. The Labute approximate surface area is 165 Å². The Bertz CT molecular complexity index is 762. The van der Waals surface area contributed by atoms with Gasteiger partial charge in [0.1, 0.15) is 5.75 Å². The Morgan fingerprint density at radius 2 is 1.81 bits per heavy atom. The molecule has 0 aliphatic carbocycles. The van der Waals surface area contributed by atoms with E-state index in [1.165, 1.54) is 6.92 Å². The van der Waals surface area contributed by atoms with Gasteiger partial charge >= 0.3 is 0 Å². The van der Waals surface area contributed by atoms with Crippen LogP contribution in [-0.4, -0.2) is 36.9 Å². The maximum atomic E-state index is 12.1. The predicted molar refractivity (Wildman–Crippen MR) is 107 cm³/mol. The summed E-state index contributed by atoms with van der Waals surface area (Å²) in [6.07, 6.45) is 0.954. The van der Waals surface area contributed by atoms with Gasteiger partial charge in [0.05, 0.1) is 7.11 Å². The second-order valence-electron chi connectivity index (χ2n) is 6.23. The van der Waals surface area contributed by atoms with E-state index in [9.17, 15) is 9.59 Å². The molecule has 1 N–H and O–H groups in total. The van der Waals surface area contributed by atoms with Crippen LogP contribution in [0.15, 0.2) is 48.5 Å².